The molecule has 0 spiro atoms. The van der Waals surface area contributed by atoms with Gasteiger partial charge in [-0.25, -0.2) is 4.68 Å². The van der Waals surface area contributed by atoms with Gasteiger partial charge in [0, 0.05) is 0 Å². The molecule has 20 heavy (non-hydrogen) atoms. The van der Waals surface area contributed by atoms with E-state index >= 15 is 0 Å². The molecule has 1 aliphatic carbocycles. The monoisotopic (exact) mass is 292 g/mol. The summed E-state index contributed by atoms with van der Waals surface area (Å²) in [5.74, 6) is -0.209. The van der Waals surface area contributed by atoms with Crippen LogP contribution in [0.3, 0.4) is 0 Å². The van der Waals surface area contributed by atoms with Crippen LogP contribution < -0.4 is 11.1 Å². The summed E-state index contributed by atoms with van der Waals surface area (Å²) in [5.41, 5.74) is 6.42. The number of carbonyl (C=O) groups is 1. The average Bonchev–Trinajstić information content (AvgIpc) is 2.92. The van der Waals surface area contributed by atoms with Crippen molar-refractivity contribution in [2.75, 3.05) is 5.32 Å². The van der Waals surface area contributed by atoms with Crippen LogP contribution in [0.4, 0.5) is 5.69 Å². The Labute approximate surface area is 120 Å². The fraction of sp³-hybridized carbons (Fsp3) is 0.333. The van der Waals surface area contributed by atoms with Gasteiger partial charge in [-0.2, -0.15) is 0 Å². The number of hydrogen-bond acceptors (Lipinski definition) is 5. The SMILES string of the molecule is NC1(C(=O)Nc2cc(-n3cnnn3)ccc2Cl)CCC1. The molecule has 0 radical (unpaired) electrons. The Morgan fingerprint density at radius 2 is 2.25 bits per heavy atom. The van der Waals surface area contributed by atoms with E-state index in [2.05, 4.69) is 20.8 Å². The summed E-state index contributed by atoms with van der Waals surface area (Å²) in [6, 6.07) is 5.15. The highest BCUT2D eigenvalue weighted by Gasteiger charge is 2.40. The number of nitrogens with one attached hydrogen (secondary N) is 1. The minimum absolute atomic E-state index is 0.209. The first-order chi connectivity index (χ1) is 9.58. The number of nitrogens with two attached hydrogens (primary N) is 1. The van der Waals surface area contributed by atoms with E-state index in [1.807, 2.05) is 0 Å². The molecule has 104 valence electrons. The number of hydrogen-bond donors (Lipinski definition) is 2. The van der Waals surface area contributed by atoms with E-state index in [1.54, 1.807) is 18.2 Å². The second-order valence-corrected chi connectivity index (χ2v) is 5.29. The lowest BCUT2D eigenvalue weighted by molar-refractivity contribution is -0.123. The standard InChI is InChI=1S/C12H13ClN6O/c13-9-3-2-8(19-7-15-17-18-19)6-10(9)16-11(20)12(14)4-1-5-12/h2-3,6-7H,1,4-5,14H2,(H,16,20). The molecule has 0 saturated heterocycles. The third-order valence-corrected chi connectivity index (χ3v) is 3.84. The van der Waals surface area contributed by atoms with Crippen molar-refractivity contribution in [3.05, 3.63) is 29.5 Å². The molecule has 0 atom stereocenters. The maximum atomic E-state index is 12.1. The van der Waals surface area contributed by atoms with Crippen molar-refractivity contribution >= 4 is 23.2 Å². The summed E-state index contributed by atoms with van der Waals surface area (Å²) in [6.45, 7) is 0. The number of amides is 1. The van der Waals surface area contributed by atoms with Crippen molar-refractivity contribution in [2.24, 2.45) is 5.73 Å². The van der Waals surface area contributed by atoms with Gasteiger partial charge in [0.2, 0.25) is 5.91 Å². The molecule has 1 aromatic carbocycles. The molecule has 2 aromatic rings. The lowest BCUT2D eigenvalue weighted by atomic mass is 9.77. The van der Waals surface area contributed by atoms with Gasteiger partial charge in [0.05, 0.1) is 21.9 Å². The summed E-state index contributed by atoms with van der Waals surface area (Å²) in [5, 5.41) is 14.1. The average molecular weight is 293 g/mol. The van der Waals surface area contributed by atoms with Crippen molar-refractivity contribution in [1.29, 1.82) is 0 Å². The number of anilines is 1. The van der Waals surface area contributed by atoms with E-state index in [1.165, 1.54) is 11.0 Å². The molecule has 0 unspecified atom stereocenters. The molecule has 8 heteroatoms. The van der Waals surface area contributed by atoms with E-state index in [4.69, 9.17) is 17.3 Å². The normalized spacial score (nSPS) is 16.5. The number of benzene rings is 1. The molecule has 3 N–H and O–H groups in total. The molecular weight excluding hydrogens is 280 g/mol. The zero-order chi connectivity index (χ0) is 14.2. The molecule has 1 fully saturated rings. The number of halogens is 1. The molecule has 7 nitrogen and oxygen atoms in total. The smallest absolute Gasteiger partial charge is 0.244 e. The quantitative estimate of drug-likeness (QED) is 0.884. The van der Waals surface area contributed by atoms with E-state index in [0.29, 0.717) is 29.2 Å². The summed E-state index contributed by atoms with van der Waals surface area (Å²) in [4.78, 5) is 12.1. The Morgan fingerprint density at radius 3 is 2.85 bits per heavy atom. The molecule has 0 bridgehead atoms. The summed E-state index contributed by atoms with van der Waals surface area (Å²) in [7, 11) is 0. The van der Waals surface area contributed by atoms with E-state index in [9.17, 15) is 4.79 Å². The van der Waals surface area contributed by atoms with E-state index < -0.39 is 5.54 Å². The van der Waals surface area contributed by atoms with Crippen molar-refractivity contribution in [1.82, 2.24) is 20.2 Å². The minimum atomic E-state index is -0.770. The van der Waals surface area contributed by atoms with Gasteiger partial charge in [-0.1, -0.05) is 11.6 Å². The Bertz CT molecular complexity index is 637. The van der Waals surface area contributed by atoms with Crippen LogP contribution >= 0.6 is 11.6 Å². The van der Waals surface area contributed by atoms with Crippen molar-refractivity contribution in [3.63, 3.8) is 0 Å². The number of carbonyl (C=O) groups excluding carboxylic acids is 1. The Kier molecular flexibility index (Phi) is 3.15. The lowest BCUT2D eigenvalue weighted by Gasteiger charge is -2.36. The van der Waals surface area contributed by atoms with Crippen LogP contribution in [0, 0.1) is 0 Å². The zero-order valence-corrected chi connectivity index (χ0v) is 11.3. The third kappa shape index (κ3) is 2.25. The van der Waals surface area contributed by atoms with Crippen LogP contribution in [-0.2, 0) is 4.79 Å². The maximum absolute atomic E-state index is 12.1. The molecule has 1 amide bonds. The number of aromatic nitrogens is 4. The van der Waals surface area contributed by atoms with Crippen LogP contribution in [0.1, 0.15) is 19.3 Å². The lowest BCUT2D eigenvalue weighted by Crippen LogP contribution is -2.56. The summed E-state index contributed by atoms with van der Waals surface area (Å²) < 4.78 is 1.48. The van der Waals surface area contributed by atoms with Gasteiger partial charge in [0.25, 0.3) is 0 Å². The fourth-order valence-electron chi connectivity index (χ4n) is 2.06. The first kappa shape index (κ1) is 13.0. The molecule has 1 aromatic heterocycles. The highest BCUT2D eigenvalue weighted by atomic mass is 35.5. The van der Waals surface area contributed by atoms with Crippen LogP contribution in [0.2, 0.25) is 5.02 Å². The van der Waals surface area contributed by atoms with Crippen LogP contribution in [-0.4, -0.2) is 31.7 Å². The molecular formula is C12H13ClN6O. The first-order valence-corrected chi connectivity index (χ1v) is 6.59. The Balaban J connectivity index is 1.85. The Morgan fingerprint density at radius 1 is 1.45 bits per heavy atom. The van der Waals surface area contributed by atoms with E-state index in [-0.39, 0.29) is 5.91 Å². The molecule has 1 saturated carbocycles. The zero-order valence-electron chi connectivity index (χ0n) is 10.6. The second-order valence-electron chi connectivity index (χ2n) is 4.88. The predicted octanol–water partition coefficient (Wildman–Crippen LogP) is 1.14. The van der Waals surface area contributed by atoms with E-state index in [0.717, 1.165) is 6.42 Å². The molecule has 0 aliphatic heterocycles. The largest absolute Gasteiger partial charge is 0.323 e. The number of tetrazole rings is 1. The number of nitrogens with zero attached hydrogens (tertiary/aromatic N) is 4. The van der Waals surface area contributed by atoms with Gasteiger partial charge in [-0.15, -0.1) is 5.10 Å². The molecule has 1 heterocycles. The van der Waals surface area contributed by atoms with Crippen molar-refractivity contribution in [2.45, 2.75) is 24.8 Å². The first-order valence-electron chi connectivity index (χ1n) is 6.22. The summed E-state index contributed by atoms with van der Waals surface area (Å²) >= 11 is 6.10. The predicted molar refractivity (Wildman–Crippen MR) is 73.6 cm³/mol. The van der Waals surface area contributed by atoms with Gasteiger partial charge in [-0.05, 0) is 47.9 Å². The fourth-order valence-corrected chi connectivity index (χ4v) is 2.23. The van der Waals surface area contributed by atoms with Crippen LogP contribution in [0.5, 0.6) is 0 Å². The summed E-state index contributed by atoms with van der Waals surface area (Å²) in [6.07, 6.45) is 3.83. The van der Waals surface area contributed by atoms with Crippen LogP contribution in [0.25, 0.3) is 5.69 Å². The molecule has 3 rings (SSSR count). The van der Waals surface area contributed by atoms with Gasteiger partial charge in [0.1, 0.15) is 6.33 Å². The Hall–Kier alpha value is -1.99. The van der Waals surface area contributed by atoms with Gasteiger partial charge in [-0.3, -0.25) is 4.79 Å². The topological polar surface area (TPSA) is 98.7 Å². The second kappa shape index (κ2) is 4.84. The maximum Gasteiger partial charge on any atom is 0.244 e. The van der Waals surface area contributed by atoms with Gasteiger partial charge >= 0.3 is 0 Å². The minimum Gasteiger partial charge on any atom is -0.323 e. The van der Waals surface area contributed by atoms with Crippen molar-refractivity contribution < 1.29 is 4.79 Å². The highest BCUT2D eigenvalue weighted by Crippen LogP contribution is 2.32. The highest BCUT2D eigenvalue weighted by molar-refractivity contribution is 6.33. The molecule has 1 aliphatic rings. The number of rotatable bonds is 3. The van der Waals surface area contributed by atoms with Gasteiger partial charge in [0.15, 0.2) is 0 Å². The van der Waals surface area contributed by atoms with Gasteiger partial charge < -0.3 is 11.1 Å². The third-order valence-electron chi connectivity index (χ3n) is 3.51. The van der Waals surface area contributed by atoms with Crippen LogP contribution in [0.15, 0.2) is 24.5 Å². The van der Waals surface area contributed by atoms with Crippen molar-refractivity contribution in [3.8, 4) is 5.69 Å².